The van der Waals surface area contributed by atoms with Gasteiger partial charge in [-0.15, -0.1) is 0 Å². The zero-order valence-electron chi connectivity index (χ0n) is 7.78. The van der Waals surface area contributed by atoms with Gasteiger partial charge in [-0.1, -0.05) is 32.9 Å². The molecule has 0 heterocycles. The molecule has 60 valence electrons. The molecule has 0 heteroatoms. The van der Waals surface area contributed by atoms with E-state index in [1.54, 1.807) is 0 Å². The fourth-order valence-corrected chi connectivity index (χ4v) is 0.917. The van der Waals surface area contributed by atoms with Crippen molar-refractivity contribution in [1.82, 2.24) is 0 Å². The van der Waals surface area contributed by atoms with Crippen LogP contribution in [0.2, 0.25) is 0 Å². The minimum absolute atomic E-state index is 0.515. The Morgan fingerprint density at radius 2 is 1.80 bits per heavy atom. The highest BCUT2D eigenvalue weighted by Gasteiger charge is 2.07. The molecule has 0 spiro atoms. The molecule has 0 rings (SSSR count). The van der Waals surface area contributed by atoms with E-state index in [9.17, 15) is 0 Å². The quantitative estimate of drug-likeness (QED) is 0.413. The zero-order chi connectivity index (χ0) is 8.04. The smallest absolute Gasteiger partial charge is 0.0351 e. The van der Waals surface area contributed by atoms with Crippen molar-refractivity contribution >= 4 is 0 Å². The third-order valence-electron chi connectivity index (χ3n) is 1.53. The second kappa shape index (κ2) is 4.54. The van der Waals surface area contributed by atoms with Crippen LogP contribution < -0.4 is 0 Å². The molecular weight excluding hydrogens is 120 g/mol. The van der Waals surface area contributed by atoms with E-state index in [1.165, 1.54) is 19.3 Å². The van der Waals surface area contributed by atoms with E-state index in [-0.39, 0.29) is 0 Å². The maximum atomic E-state index is 2.29. The Balaban J connectivity index is 3.20. The molecule has 0 aromatic carbocycles. The SMILES string of the molecule is CC=CCCCC(C)(C)C. The number of hydrogen-bond acceptors (Lipinski definition) is 0. The monoisotopic (exact) mass is 140 g/mol. The average molecular weight is 140 g/mol. The van der Waals surface area contributed by atoms with Crippen LogP contribution in [0.5, 0.6) is 0 Å². The first-order chi connectivity index (χ1) is 4.56. The van der Waals surface area contributed by atoms with Crippen molar-refractivity contribution in [2.45, 2.75) is 47.0 Å². The molecule has 0 aliphatic rings. The van der Waals surface area contributed by atoms with E-state index in [4.69, 9.17) is 0 Å². The van der Waals surface area contributed by atoms with Gasteiger partial charge in [0.25, 0.3) is 0 Å². The van der Waals surface area contributed by atoms with Gasteiger partial charge in [0.05, 0.1) is 0 Å². The molecule has 0 aliphatic heterocycles. The second-order valence-electron chi connectivity index (χ2n) is 4.02. The van der Waals surface area contributed by atoms with Gasteiger partial charge in [-0.2, -0.15) is 0 Å². The Hall–Kier alpha value is -0.260. The van der Waals surface area contributed by atoms with Gasteiger partial charge in [-0.05, 0) is 31.6 Å². The summed E-state index contributed by atoms with van der Waals surface area (Å²) in [4.78, 5) is 0. The van der Waals surface area contributed by atoms with Crippen molar-refractivity contribution in [1.29, 1.82) is 0 Å². The normalized spacial score (nSPS) is 12.8. The highest BCUT2D eigenvalue weighted by atomic mass is 14.1. The Kier molecular flexibility index (Phi) is 4.42. The highest BCUT2D eigenvalue weighted by molar-refractivity contribution is 4.77. The molecule has 0 bridgehead atoms. The molecule has 0 amide bonds. The second-order valence-corrected chi connectivity index (χ2v) is 4.02. The molecule has 0 radical (unpaired) electrons. The molecule has 0 atom stereocenters. The lowest BCUT2D eigenvalue weighted by molar-refractivity contribution is 0.367. The summed E-state index contributed by atoms with van der Waals surface area (Å²) >= 11 is 0. The Morgan fingerprint density at radius 3 is 2.20 bits per heavy atom. The topological polar surface area (TPSA) is 0 Å². The molecule has 0 unspecified atom stereocenters. The van der Waals surface area contributed by atoms with Crippen LogP contribution in [0.1, 0.15) is 47.0 Å². The summed E-state index contributed by atoms with van der Waals surface area (Å²) in [6, 6.07) is 0. The summed E-state index contributed by atoms with van der Waals surface area (Å²) in [7, 11) is 0. The fourth-order valence-electron chi connectivity index (χ4n) is 0.917. The van der Waals surface area contributed by atoms with E-state index < -0.39 is 0 Å². The van der Waals surface area contributed by atoms with Crippen LogP contribution >= 0.6 is 0 Å². The predicted molar refractivity (Wildman–Crippen MR) is 48.1 cm³/mol. The summed E-state index contributed by atoms with van der Waals surface area (Å²) < 4.78 is 0. The van der Waals surface area contributed by atoms with Crippen molar-refractivity contribution in [3.05, 3.63) is 12.2 Å². The van der Waals surface area contributed by atoms with Crippen LogP contribution in [0.3, 0.4) is 0 Å². The first-order valence-corrected chi connectivity index (χ1v) is 4.17. The van der Waals surface area contributed by atoms with E-state index in [1.807, 2.05) is 0 Å². The molecule has 0 nitrogen and oxygen atoms in total. The van der Waals surface area contributed by atoms with Gasteiger partial charge >= 0.3 is 0 Å². The van der Waals surface area contributed by atoms with Gasteiger partial charge in [0, 0.05) is 0 Å². The summed E-state index contributed by atoms with van der Waals surface area (Å²) in [6.45, 7) is 8.96. The van der Waals surface area contributed by atoms with E-state index in [0.717, 1.165) is 0 Å². The molecule has 0 aliphatic carbocycles. The van der Waals surface area contributed by atoms with Crippen LogP contribution in [0, 0.1) is 5.41 Å². The lowest BCUT2D eigenvalue weighted by Crippen LogP contribution is -2.03. The van der Waals surface area contributed by atoms with Gasteiger partial charge in [0.2, 0.25) is 0 Å². The molecule has 10 heavy (non-hydrogen) atoms. The standard InChI is InChI=1S/C10H20/c1-5-6-7-8-9-10(2,3)4/h5-6H,7-9H2,1-4H3. The van der Waals surface area contributed by atoms with Gasteiger partial charge in [-0.3, -0.25) is 0 Å². The van der Waals surface area contributed by atoms with Crippen LogP contribution in [-0.4, -0.2) is 0 Å². The Labute approximate surface area is 65.3 Å². The Morgan fingerprint density at radius 1 is 1.20 bits per heavy atom. The molecule has 0 N–H and O–H groups in total. The summed E-state index contributed by atoms with van der Waals surface area (Å²) in [5.74, 6) is 0. The predicted octanol–water partition coefficient (Wildman–Crippen LogP) is 3.78. The molecule has 0 aromatic heterocycles. The van der Waals surface area contributed by atoms with Gasteiger partial charge in [0.15, 0.2) is 0 Å². The number of rotatable bonds is 3. The van der Waals surface area contributed by atoms with Crippen LogP contribution in [0.4, 0.5) is 0 Å². The number of hydrogen-bond donors (Lipinski definition) is 0. The van der Waals surface area contributed by atoms with Crippen molar-refractivity contribution < 1.29 is 0 Å². The maximum Gasteiger partial charge on any atom is -0.0351 e. The zero-order valence-corrected chi connectivity index (χ0v) is 7.78. The summed E-state index contributed by atoms with van der Waals surface area (Å²) in [5, 5.41) is 0. The first-order valence-electron chi connectivity index (χ1n) is 4.17. The highest BCUT2D eigenvalue weighted by Crippen LogP contribution is 2.21. The van der Waals surface area contributed by atoms with Crippen LogP contribution in [0.25, 0.3) is 0 Å². The van der Waals surface area contributed by atoms with E-state index >= 15 is 0 Å². The van der Waals surface area contributed by atoms with Gasteiger partial charge in [0.1, 0.15) is 0 Å². The van der Waals surface area contributed by atoms with Crippen molar-refractivity contribution in [3.8, 4) is 0 Å². The van der Waals surface area contributed by atoms with Gasteiger partial charge < -0.3 is 0 Å². The number of allylic oxidation sites excluding steroid dienone is 2. The van der Waals surface area contributed by atoms with Crippen LogP contribution in [-0.2, 0) is 0 Å². The van der Waals surface area contributed by atoms with Crippen molar-refractivity contribution in [2.75, 3.05) is 0 Å². The maximum absolute atomic E-state index is 2.29. The van der Waals surface area contributed by atoms with Gasteiger partial charge in [-0.25, -0.2) is 0 Å². The minimum Gasteiger partial charge on any atom is -0.0917 e. The molecule has 0 fully saturated rings. The van der Waals surface area contributed by atoms with E-state index in [2.05, 4.69) is 39.8 Å². The first kappa shape index (κ1) is 9.74. The molecular formula is C10H20. The van der Waals surface area contributed by atoms with Crippen LogP contribution in [0.15, 0.2) is 12.2 Å². The lowest BCUT2D eigenvalue weighted by atomic mass is 9.90. The molecule has 0 saturated carbocycles. The molecule has 0 saturated heterocycles. The molecule has 0 aromatic rings. The van der Waals surface area contributed by atoms with Crippen molar-refractivity contribution in [2.24, 2.45) is 5.41 Å². The fraction of sp³-hybridized carbons (Fsp3) is 0.800. The third-order valence-corrected chi connectivity index (χ3v) is 1.53. The van der Waals surface area contributed by atoms with E-state index in [0.29, 0.717) is 5.41 Å². The largest absolute Gasteiger partial charge is 0.0917 e. The lowest BCUT2D eigenvalue weighted by Gasteiger charge is -2.16. The van der Waals surface area contributed by atoms with Crippen molar-refractivity contribution in [3.63, 3.8) is 0 Å². The third kappa shape index (κ3) is 7.74. The number of unbranched alkanes of at least 4 members (excludes halogenated alkanes) is 1. The Bertz CT molecular complexity index is 93.1. The summed E-state index contributed by atoms with van der Waals surface area (Å²) in [5.41, 5.74) is 0.515. The minimum atomic E-state index is 0.515. The summed E-state index contributed by atoms with van der Waals surface area (Å²) in [6.07, 6.45) is 8.27. The average Bonchev–Trinajstić information content (AvgIpc) is 1.78.